The highest BCUT2D eigenvalue weighted by atomic mass is 35.5. The summed E-state index contributed by atoms with van der Waals surface area (Å²) in [5, 5.41) is 4.67. The van der Waals surface area contributed by atoms with Gasteiger partial charge in [0.25, 0.3) is 0 Å². The van der Waals surface area contributed by atoms with Gasteiger partial charge in [-0.2, -0.15) is 0 Å². The Morgan fingerprint density at radius 1 is 1.39 bits per heavy atom. The Labute approximate surface area is 118 Å². The van der Waals surface area contributed by atoms with E-state index in [9.17, 15) is 0 Å². The lowest BCUT2D eigenvalue weighted by atomic mass is 10.2. The monoisotopic (exact) mass is 296 g/mol. The molecule has 0 atom stereocenters. The van der Waals surface area contributed by atoms with E-state index in [0.29, 0.717) is 14.6 Å². The highest BCUT2D eigenvalue weighted by molar-refractivity contribution is 7.71. The molecular weight excluding hydrogens is 288 g/mol. The van der Waals surface area contributed by atoms with Crippen molar-refractivity contribution in [1.82, 2.24) is 19.2 Å². The second-order valence-corrected chi connectivity index (χ2v) is 5.06. The topological polar surface area (TPSA) is 38.0 Å². The van der Waals surface area contributed by atoms with Crippen molar-refractivity contribution in [3.05, 3.63) is 32.8 Å². The lowest BCUT2D eigenvalue weighted by Gasteiger charge is -2.04. The first-order chi connectivity index (χ1) is 8.61. The molecule has 0 radical (unpaired) electrons. The van der Waals surface area contributed by atoms with Crippen molar-refractivity contribution in [3.8, 4) is 0 Å². The molecule has 0 saturated carbocycles. The minimum Gasteiger partial charge on any atom is -0.302 e. The Hall–Kier alpha value is -1.24. The SMILES string of the molecule is CCn1c(=S)[nH]n2c(=S)nc3cc(Cl)ccc3c12. The maximum absolute atomic E-state index is 5.99. The van der Waals surface area contributed by atoms with Gasteiger partial charge in [0.15, 0.2) is 4.77 Å². The molecule has 1 N–H and O–H groups in total. The van der Waals surface area contributed by atoms with E-state index in [1.54, 1.807) is 4.52 Å². The fourth-order valence-corrected chi connectivity index (χ4v) is 2.77. The maximum atomic E-state index is 5.99. The zero-order valence-corrected chi connectivity index (χ0v) is 11.9. The molecule has 7 heteroatoms. The molecule has 0 aliphatic heterocycles. The van der Waals surface area contributed by atoms with Crippen LogP contribution in [0.15, 0.2) is 18.2 Å². The number of nitrogens with one attached hydrogen (secondary N) is 1. The molecule has 4 nitrogen and oxygen atoms in total. The zero-order chi connectivity index (χ0) is 12.9. The molecule has 3 rings (SSSR count). The Kier molecular flexibility index (Phi) is 2.73. The van der Waals surface area contributed by atoms with E-state index in [2.05, 4.69) is 10.1 Å². The zero-order valence-electron chi connectivity index (χ0n) is 9.48. The van der Waals surface area contributed by atoms with Crippen LogP contribution in [0, 0.1) is 9.54 Å². The van der Waals surface area contributed by atoms with Crippen LogP contribution in [0.1, 0.15) is 6.92 Å². The van der Waals surface area contributed by atoms with Gasteiger partial charge in [0, 0.05) is 17.0 Å². The Bertz CT molecular complexity index is 874. The standard InChI is InChI=1S/C11H9ClN4S2/c1-2-15-9-7-4-3-6(12)5-8(7)13-10(17)16(9)14-11(15)18/h3-5H,2H2,1H3,(H,14,18). The van der Waals surface area contributed by atoms with E-state index in [4.69, 9.17) is 36.0 Å². The quantitative estimate of drug-likeness (QED) is 0.695. The normalized spacial score (nSPS) is 11.4. The lowest BCUT2D eigenvalue weighted by molar-refractivity contribution is 0.776. The summed E-state index contributed by atoms with van der Waals surface area (Å²) in [6.07, 6.45) is 0. The first-order valence-electron chi connectivity index (χ1n) is 5.42. The summed E-state index contributed by atoms with van der Waals surface area (Å²) in [6, 6.07) is 5.58. The molecular formula is C11H9ClN4S2. The highest BCUT2D eigenvalue weighted by Crippen LogP contribution is 2.22. The number of nitrogens with zero attached hydrogens (tertiary/aromatic N) is 3. The van der Waals surface area contributed by atoms with E-state index in [-0.39, 0.29) is 0 Å². The van der Waals surface area contributed by atoms with Gasteiger partial charge in [-0.15, -0.1) is 0 Å². The number of H-pyrrole nitrogens is 1. The number of aromatic nitrogens is 4. The van der Waals surface area contributed by atoms with Gasteiger partial charge in [-0.1, -0.05) is 11.6 Å². The van der Waals surface area contributed by atoms with Gasteiger partial charge in [0.1, 0.15) is 5.65 Å². The number of fused-ring (bicyclic) bond motifs is 3. The smallest absolute Gasteiger partial charge is 0.221 e. The van der Waals surface area contributed by atoms with Gasteiger partial charge >= 0.3 is 0 Å². The molecule has 0 aliphatic carbocycles. The molecule has 0 amide bonds. The van der Waals surface area contributed by atoms with Gasteiger partial charge in [0.2, 0.25) is 4.77 Å². The van der Waals surface area contributed by atoms with E-state index in [1.807, 2.05) is 29.7 Å². The third-order valence-electron chi connectivity index (χ3n) is 2.84. The summed E-state index contributed by atoms with van der Waals surface area (Å²) < 4.78 is 4.80. The first kappa shape index (κ1) is 11.8. The Morgan fingerprint density at radius 2 is 2.17 bits per heavy atom. The van der Waals surface area contributed by atoms with E-state index >= 15 is 0 Å². The number of hydrogen-bond donors (Lipinski definition) is 1. The van der Waals surface area contributed by atoms with Crippen molar-refractivity contribution in [2.75, 3.05) is 0 Å². The Morgan fingerprint density at radius 3 is 2.89 bits per heavy atom. The van der Waals surface area contributed by atoms with E-state index < -0.39 is 0 Å². The van der Waals surface area contributed by atoms with Gasteiger partial charge in [-0.25, -0.2) is 9.50 Å². The van der Waals surface area contributed by atoms with Crippen molar-refractivity contribution in [2.45, 2.75) is 13.5 Å². The molecule has 0 spiro atoms. The fraction of sp³-hybridized carbons (Fsp3) is 0.182. The number of benzene rings is 1. The summed E-state index contributed by atoms with van der Waals surface area (Å²) in [5.74, 6) is 0. The van der Waals surface area contributed by atoms with Crippen molar-refractivity contribution >= 4 is 52.6 Å². The molecule has 3 aromatic rings. The van der Waals surface area contributed by atoms with Crippen molar-refractivity contribution in [3.63, 3.8) is 0 Å². The summed E-state index contributed by atoms with van der Waals surface area (Å²) >= 11 is 16.5. The minimum absolute atomic E-state index is 0.443. The molecule has 1 aromatic carbocycles. The number of rotatable bonds is 1. The summed E-state index contributed by atoms with van der Waals surface area (Å²) in [6.45, 7) is 2.80. The second kappa shape index (κ2) is 4.15. The maximum Gasteiger partial charge on any atom is 0.221 e. The third-order valence-corrected chi connectivity index (χ3v) is 3.66. The Balaban J connectivity index is 2.67. The van der Waals surface area contributed by atoms with E-state index in [0.717, 1.165) is 23.1 Å². The minimum atomic E-state index is 0.443. The number of aromatic amines is 1. The molecule has 2 heterocycles. The summed E-state index contributed by atoms with van der Waals surface area (Å²) in [7, 11) is 0. The van der Waals surface area contributed by atoms with Crippen LogP contribution in [0.3, 0.4) is 0 Å². The molecule has 0 aliphatic rings. The third kappa shape index (κ3) is 1.60. The fourth-order valence-electron chi connectivity index (χ4n) is 2.06. The van der Waals surface area contributed by atoms with Crippen molar-refractivity contribution in [2.24, 2.45) is 0 Å². The van der Waals surface area contributed by atoms with Gasteiger partial charge in [0.05, 0.1) is 5.52 Å². The van der Waals surface area contributed by atoms with Crippen LogP contribution in [-0.4, -0.2) is 19.2 Å². The van der Waals surface area contributed by atoms with Crippen molar-refractivity contribution < 1.29 is 0 Å². The second-order valence-electron chi connectivity index (χ2n) is 3.88. The van der Waals surface area contributed by atoms with Crippen LogP contribution >= 0.6 is 36.0 Å². The molecule has 0 saturated heterocycles. The summed E-state index contributed by atoms with van der Waals surface area (Å²) in [5.41, 5.74) is 1.71. The molecule has 0 bridgehead atoms. The van der Waals surface area contributed by atoms with Crippen LogP contribution in [0.4, 0.5) is 0 Å². The van der Waals surface area contributed by atoms with Crippen molar-refractivity contribution in [1.29, 1.82) is 0 Å². The molecule has 2 aromatic heterocycles. The van der Waals surface area contributed by atoms with Crippen LogP contribution in [-0.2, 0) is 6.54 Å². The average Bonchev–Trinajstić information content (AvgIpc) is 2.66. The molecule has 0 fully saturated rings. The molecule has 0 unspecified atom stereocenters. The highest BCUT2D eigenvalue weighted by Gasteiger charge is 2.09. The number of aryl methyl sites for hydroxylation is 1. The van der Waals surface area contributed by atoms with E-state index in [1.165, 1.54) is 0 Å². The van der Waals surface area contributed by atoms with Gasteiger partial charge in [-0.05, 0) is 49.6 Å². The van der Waals surface area contributed by atoms with Crippen LogP contribution in [0.25, 0.3) is 16.6 Å². The van der Waals surface area contributed by atoms with Crippen LogP contribution < -0.4 is 0 Å². The average molecular weight is 297 g/mol. The molecule has 92 valence electrons. The predicted molar refractivity (Wildman–Crippen MR) is 77.4 cm³/mol. The van der Waals surface area contributed by atoms with Crippen LogP contribution in [0.2, 0.25) is 5.02 Å². The van der Waals surface area contributed by atoms with Crippen LogP contribution in [0.5, 0.6) is 0 Å². The number of halogens is 1. The lowest BCUT2D eigenvalue weighted by Crippen LogP contribution is -1.99. The predicted octanol–water partition coefficient (Wildman–Crippen LogP) is 3.75. The largest absolute Gasteiger partial charge is 0.302 e. The van der Waals surface area contributed by atoms with Gasteiger partial charge < -0.3 is 4.57 Å². The molecule has 18 heavy (non-hydrogen) atoms. The first-order valence-corrected chi connectivity index (χ1v) is 6.62. The number of hydrogen-bond acceptors (Lipinski definition) is 3. The summed E-state index contributed by atoms with van der Waals surface area (Å²) in [4.78, 5) is 4.36. The van der Waals surface area contributed by atoms with Gasteiger partial charge in [-0.3, -0.25) is 5.10 Å².